The van der Waals surface area contributed by atoms with Crippen LogP contribution in [0, 0.1) is 6.92 Å². The number of benzene rings is 1. The molecule has 0 aromatic heterocycles. The first-order valence-corrected chi connectivity index (χ1v) is 9.47. The van der Waals surface area contributed by atoms with Crippen LogP contribution in [-0.4, -0.2) is 63.8 Å². The molecule has 2 rings (SSSR count). The van der Waals surface area contributed by atoms with E-state index in [9.17, 15) is 4.79 Å². The number of amides is 1. The second kappa shape index (κ2) is 10.8. The molecular formula is C20H32N4O3. The molecule has 0 bridgehead atoms. The van der Waals surface area contributed by atoms with Crippen LogP contribution in [0.1, 0.15) is 30.4 Å². The topological polar surface area (TPSA) is 75.2 Å². The number of nitrogens with zero attached hydrogens (tertiary/aromatic N) is 2. The molecule has 0 radical (unpaired) electrons. The highest BCUT2D eigenvalue weighted by molar-refractivity contribution is 5.86. The Kier molecular flexibility index (Phi) is 8.39. The summed E-state index contributed by atoms with van der Waals surface area (Å²) in [5, 5.41) is 6.42. The van der Waals surface area contributed by atoms with E-state index in [0.717, 1.165) is 36.3 Å². The summed E-state index contributed by atoms with van der Waals surface area (Å²) in [5.41, 5.74) is 2.14. The maximum Gasteiger partial charge on any atom is 0.241 e. The van der Waals surface area contributed by atoms with Crippen LogP contribution < -0.4 is 15.4 Å². The van der Waals surface area contributed by atoms with Gasteiger partial charge in [-0.1, -0.05) is 12.1 Å². The Hall–Kier alpha value is -2.28. The van der Waals surface area contributed by atoms with Crippen molar-refractivity contribution >= 4 is 11.9 Å². The smallest absolute Gasteiger partial charge is 0.241 e. The van der Waals surface area contributed by atoms with Gasteiger partial charge in [0, 0.05) is 32.8 Å². The third-order valence-electron chi connectivity index (χ3n) is 4.53. The average molecular weight is 377 g/mol. The number of guanidine groups is 1. The summed E-state index contributed by atoms with van der Waals surface area (Å²) in [6.07, 6.45) is 3.54. The van der Waals surface area contributed by atoms with Crippen molar-refractivity contribution in [3.05, 3.63) is 29.3 Å². The molecule has 150 valence electrons. The van der Waals surface area contributed by atoms with Crippen LogP contribution in [-0.2, 0) is 16.1 Å². The van der Waals surface area contributed by atoms with E-state index in [1.54, 1.807) is 26.1 Å². The van der Waals surface area contributed by atoms with Crippen molar-refractivity contribution in [1.29, 1.82) is 0 Å². The Morgan fingerprint density at radius 3 is 2.81 bits per heavy atom. The maximum absolute atomic E-state index is 11.9. The van der Waals surface area contributed by atoms with Crippen molar-refractivity contribution in [1.82, 2.24) is 15.5 Å². The van der Waals surface area contributed by atoms with Gasteiger partial charge in [0.05, 0.1) is 26.3 Å². The van der Waals surface area contributed by atoms with Crippen molar-refractivity contribution in [3.8, 4) is 5.75 Å². The minimum Gasteiger partial charge on any atom is -0.496 e. The molecule has 1 aliphatic heterocycles. The largest absolute Gasteiger partial charge is 0.496 e. The highest BCUT2D eigenvalue weighted by atomic mass is 16.5. The summed E-state index contributed by atoms with van der Waals surface area (Å²) in [7, 11) is 5.14. The Morgan fingerprint density at radius 2 is 2.15 bits per heavy atom. The van der Waals surface area contributed by atoms with Gasteiger partial charge in [-0.15, -0.1) is 0 Å². The predicted molar refractivity (Wildman–Crippen MR) is 107 cm³/mol. The number of ether oxygens (including phenoxy) is 2. The summed E-state index contributed by atoms with van der Waals surface area (Å²) < 4.78 is 11.2. The third-order valence-corrected chi connectivity index (χ3v) is 4.53. The molecule has 1 aromatic rings. The molecule has 1 aromatic carbocycles. The molecule has 27 heavy (non-hydrogen) atoms. The minimum absolute atomic E-state index is 0.00803. The van der Waals surface area contributed by atoms with Crippen molar-refractivity contribution in [2.45, 2.75) is 38.8 Å². The summed E-state index contributed by atoms with van der Waals surface area (Å²) in [5.74, 6) is 1.41. The molecule has 0 saturated carbocycles. The normalized spacial score (nSPS) is 17.3. The maximum atomic E-state index is 11.9. The highest BCUT2D eigenvalue weighted by Gasteiger charge is 2.15. The molecule has 0 aliphatic carbocycles. The summed E-state index contributed by atoms with van der Waals surface area (Å²) in [6, 6.07) is 6.06. The van der Waals surface area contributed by atoms with Crippen molar-refractivity contribution in [2.75, 3.05) is 40.9 Å². The van der Waals surface area contributed by atoms with Crippen LogP contribution in [0.4, 0.5) is 0 Å². The molecule has 1 aliphatic rings. The van der Waals surface area contributed by atoms with E-state index in [1.165, 1.54) is 6.42 Å². The fourth-order valence-electron chi connectivity index (χ4n) is 2.82. The summed E-state index contributed by atoms with van der Waals surface area (Å²) >= 11 is 0. The van der Waals surface area contributed by atoms with Gasteiger partial charge in [0.15, 0.2) is 5.96 Å². The molecular weight excluding hydrogens is 344 g/mol. The summed E-state index contributed by atoms with van der Waals surface area (Å²) in [6.45, 7) is 4.16. The standard InChI is InChI=1S/C20H32N4O3/c1-15-8-9-16(18(11-15)26-4)12-21-20(23-14-19(25)24(2)3)22-13-17-7-5-6-10-27-17/h8-9,11,17H,5-7,10,12-14H2,1-4H3,(H2,21,22,23). The van der Waals surface area contributed by atoms with Crippen LogP contribution in [0.2, 0.25) is 0 Å². The van der Waals surface area contributed by atoms with E-state index >= 15 is 0 Å². The van der Waals surface area contributed by atoms with E-state index in [2.05, 4.69) is 15.6 Å². The third kappa shape index (κ3) is 7.09. The number of aryl methyl sites for hydroxylation is 1. The highest BCUT2D eigenvalue weighted by Crippen LogP contribution is 2.20. The lowest BCUT2D eigenvalue weighted by molar-refractivity contribution is -0.127. The van der Waals surface area contributed by atoms with E-state index in [4.69, 9.17) is 9.47 Å². The SMILES string of the molecule is COc1cc(C)ccc1CN=C(NCC(=O)N(C)C)NCC1CCCCO1. The van der Waals surface area contributed by atoms with E-state index in [0.29, 0.717) is 19.0 Å². The molecule has 1 amide bonds. The first-order chi connectivity index (χ1) is 13.0. The van der Waals surface area contributed by atoms with Crippen LogP contribution in [0.25, 0.3) is 0 Å². The lowest BCUT2D eigenvalue weighted by atomic mass is 10.1. The molecule has 1 atom stereocenters. The Bertz CT molecular complexity index is 640. The monoisotopic (exact) mass is 376 g/mol. The van der Waals surface area contributed by atoms with Gasteiger partial charge in [0.2, 0.25) is 5.91 Å². The zero-order valence-corrected chi connectivity index (χ0v) is 16.9. The number of hydrogen-bond donors (Lipinski definition) is 2. The minimum atomic E-state index is -0.00803. The molecule has 1 unspecified atom stereocenters. The van der Waals surface area contributed by atoms with Gasteiger partial charge >= 0.3 is 0 Å². The second-order valence-electron chi connectivity index (χ2n) is 6.99. The van der Waals surface area contributed by atoms with Gasteiger partial charge in [-0.05, 0) is 37.8 Å². The first-order valence-electron chi connectivity index (χ1n) is 9.47. The quantitative estimate of drug-likeness (QED) is 0.560. The van der Waals surface area contributed by atoms with Crippen LogP contribution >= 0.6 is 0 Å². The fraction of sp³-hybridized carbons (Fsp3) is 0.600. The Morgan fingerprint density at radius 1 is 1.33 bits per heavy atom. The Labute approximate surface area is 162 Å². The molecule has 2 N–H and O–H groups in total. The van der Waals surface area contributed by atoms with Crippen molar-refractivity contribution < 1.29 is 14.3 Å². The lowest BCUT2D eigenvalue weighted by Gasteiger charge is -2.24. The molecule has 7 heteroatoms. The number of carbonyl (C=O) groups excluding carboxylic acids is 1. The van der Waals surface area contributed by atoms with Gasteiger partial charge in [-0.25, -0.2) is 4.99 Å². The van der Waals surface area contributed by atoms with E-state index in [-0.39, 0.29) is 18.6 Å². The molecule has 7 nitrogen and oxygen atoms in total. The number of nitrogens with one attached hydrogen (secondary N) is 2. The number of hydrogen-bond acceptors (Lipinski definition) is 4. The number of aliphatic imine (C=N–C) groups is 1. The van der Waals surface area contributed by atoms with Crippen molar-refractivity contribution in [2.24, 2.45) is 4.99 Å². The molecule has 1 fully saturated rings. The first kappa shape index (κ1) is 21.0. The number of rotatable bonds is 7. The lowest BCUT2D eigenvalue weighted by Crippen LogP contribution is -2.45. The Balaban J connectivity index is 2.02. The van der Waals surface area contributed by atoms with E-state index in [1.807, 2.05) is 25.1 Å². The van der Waals surface area contributed by atoms with Gasteiger partial charge in [-0.2, -0.15) is 0 Å². The number of likely N-dealkylation sites (N-methyl/N-ethyl adjacent to an activating group) is 1. The number of carbonyl (C=O) groups is 1. The number of methoxy groups -OCH3 is 1. The van der Waals surface area contributed by atoms with Crippen molar-refractivity contribution in [3.63, 3.8) is 0 Å². The second-order valence-corrected chi connectivity index (χ2v) is 6.99. The van der Waals surface area contributed by atoms with Gasteiger partial charge < -0.3 is 25.0 Å². The van der Waals surface area contributed by atoms with Crippen LogP contribution in [0.3, 0.4) is 0 Å². The van der Waals surface area contributed by atoms with Gasteiger partial charge in [0.1, 0.15) is 5.75 Å². The molecule has 1 saturated heterocycles. The zero-order valence-electron chi connectivity index (χ0n) is 16.9. The summed E-state index contributed by atoms with van der Waals surface area (Å²) in [4.78, 5) is 18.1. The fourth-order valence-corrected chi connectivity index (χ4v) is 2.82. The van der Waals surface area contributed by atoms with Gasteiger partial charge in [0.25, 0.3) is 0 Å². The molecule has 0 spiro atoms. The molecule has 1 heterocycles. The van der Waals surface area contributed by atoms with Crippen LogP contribution in [0.5, 0.6) is 5.75 Å². The average Bonchev–Trinajstić information content (AvgIpc) is 2.68. The predicted octanol–water partition coefficient (Wildman–Crippen LogP) is 1.70. The zero-order chi connectivity index (χ0) is 19.6. The van der Waals surface area contributed by atoms with Crippen LogP contribution in [0.15, 0.2) is 23.2 Å². The van der Waals surface area contributed by atoms with E-state index < -0.39 is 0 Å². The van der Waals surface area contributed by atoms with Gasteiger partial charge in [-0.3, -0.25) is 4.79 Å².